The summed E-state index contributed by atoms with van der Waals surface area (Å²) in [7, 11) is 6.00. The molecule has 0 radical (unpaired) electrons. The van der Waals surface area contributed by atoms with Crippen molar-refractivity contribution in [1.29, 1.82) is 0 Å². The number of nitrogens with zero attached hydrogens (tertiary/aromatic N) is 1. The molecule has 3 heteroatoms. The van der Waals surface area contributed by atoms with Crippen LogP contribution in [0.4, 0.5) is 0 Å². The van der Waals surface area contributed by atoms with Crippen molar-refractivity contribution in [1.82, 2.24) is 4.90 Å². The van der Waals surface area contributed by atoms with Gasteiger partial charge in [0.2, 0.25) is 0 Å². The zero-order valence-corrected chi connectivity index (χ0v) is 5.03. The van der Waals surface area contributed by atoms with Crippen LogP contribution in [0, 0.1) is 0 Å². The van der Waals surface area contributed by atoms with Gasteiger partial charge in [0.15, 0.2) is 0 Å². The third-order valence-electron chi connectivity index (χ3n) is 0. The van der Waals surface area contributed by atoms with Gasteiger partial charge in [0.05, 0.1) is 11.9 Å². The summed E-state index contributed by atoms with van der Waals surface area (Å²) in [5.74, 6) is 0. The number of halogens is 1. The maximum absolute atomic E-state index is 6.47. The minimum absolute atomic E-state index is 2.00. The zero-order valence-electron chi connectivity index (χ0n) is 4.27. The zero-order chi connectivity index (χ0) is 5.58. The van der Waals surface area contributed by atoms with Crippen molar-refractivity contribution in [3.63, 3.8) is 0 Å². The highest BCUT2D eigenvalue weighted by atomic mass is 35.5. The minimum Gasteiger partial charge on any atom is -0.312 e. The molecule has 0 amide bonds. The summed E-state index contributed by atoms with van der Waals surface area (Å²) in [5.41, 5.74) is 0. The van der Waals surface area contributed by atoms with E-state index in [9.17, 15) is 0 Å². The number of rotatable bonds is 0. The summed E-state index contributed by atoms with van der Waals surface area (Å²) in [6.45, 7) is 0. The van der Waals surface area contributed by atoms with Crippen LogP contribution in [-0.2, 0) is 0 Å². The van der Waals surface area contributed by atoms with E-state index in [4.69, 9.17) is 4.66 Å². The van der Waals surface area contributed by atoms with Gasteiger partial charge in [-0.1, -0.05) is 0 Å². The summed E-state index contributed by atoms with van der Waals surface area (Å²) >= 11 is 3.64. The fraction of sp³-hybridized carbons (Fsp3) is 1.00. The molecule has 0 saturated carbocycles. The second-order valence-corrected chi connectivity index (χ2v) is 1.34. The van der Waals surface area contributed by atoms with Crippen LogP contribution in [-0.4, -0.2) is 30.7 Å². The third-order valence-corrected chi connectivity index (χ3v) is 0. The Balaban J connectivity index is 0. The predicted octanol–water partition coefficient (Wildman–Crippen LogP) is 0.310. The van der Waals surface area contributed by atoms with Crippen molar-refractivity contribution in [2.75, 3.05) is 21.1 Å². The molecule has 40 valence electrons. The summed E-state index contributed by atoms with van der Waals surface area (Å²) in [4.78, 5) is 2.00. The van der Waals surface area contributed by atoms with Crippen LogP contribution >= 0.6 is 11.9 Å². The molecule has 0 atom stereocenters. The number of hydrogen-bond donors (Lipinski definition) is 1. The van der Waals surface area contributed by atoms with Crippen molar-refractivity contribution >= 4 is 11.9 Å². The standard InChI is InChI=1S/C3H9N.ClHO/c1-4(2)3;1-2/h1-3H3;2H. The minimum atomic E-state index is 2.00. The quantitative estimate of drug-likeness (QED) is 0.487. The molecule has 0 saturated heterocycles. The van der Waals surface area contributed by atoms with Gasteiger partial charge in [-0.2, -0.15) is 0 Å². The van der Waals surface area contributed by atoms with Gasteiger partial charge in [-0.15, -0.1) is 0 Å². The SMILES string of the molecule is CN(C)C.OCl. The van der Waals surface area contributed by atoms with Crippen LogP contribution in [0.3, 0.4) is 0 Å². The predicted molar refractivity (Wildman–Crippen MR) is 27.7 cm³/mol. The lowest BCUT2D eigenvalue weighted by Crippen LogP contribution is -1.99. The molecule has 0 unspecified atom stereocenters. The largest absolute Gasteiger partial charge is 0.312 e. The van der Waals surface area contributed by atoms with Crippen molar-refractivity contribution < 1.29 is 4.66 Å². The monoisotopic (exact) mass is 111 g/mol. The molecule has 0 aliphatic heterocycles. The van der Waals surface area contributed by atoms with E-state index in [1.54, 1.807) is 0 Å². The maximum Gasteiger partial charge on any atom is 0.0579 e. The molecule has 0 aliphatic carbocycles. The molecule has 0 fully saturated rings. The highest BCUT2D eigenvalue weighted by Crippen LogP contribution is 1.47. The molecule has 0 aromatic carbocycles. The van der Waals surface area contributed by atoms with E-state index >= 15 is 0 Å². The van der Waals surface area contributed by atoms with Crippen LogP contribution in [0.25, 0.3) is 0 Å². The highest BCUT2D eigenvalue weighted by Gasteiger charge is 1.58. The topological polar surface area (TPSA) is 23.5 Å². The Morgan fingerprint density at radius 1 is 1.17 bits per heavy atom. The summed E-state index contributed by atoms with van der Waals surface area (Å²) < 4.78 is 6.47. The molecular weight excluding hydrogens is 101 g/mol. The van der Waals surface area contributed by atoms with E-state index in [0.29, 0.717) is 0 Å². The number of hydrogen-bond acceptors (Lipinski definition) is 2. The highest BCUT2D eigenvalue weighted by molar-refractivity contribution is 6.04. The van der Waals surface area contributed by atoms with Crippen LogP contribution in [0.1, 0.15) is 0 Å². The Kier molecular flexibility index (Phi) is 14.2. The van der Waals surface area contributed by atoms with Crippen LogP contribution < -0.4 is 0 Å². The molecule has 0 aromatic heterocycles. The van der Waals surface area contributed by atoms with E-state index in [1.807, 2.05) is 26.0 Å². The van der Waals surface area contributed by atoms with Crippen molar-refractivity contribution in [2.45, 2.75) is 0 Å². The van der Waals surface area contributed by atoms with Gasteiger partial charge in [-0.3, -0.25) is 4.66 Å². The molecule has 0 bridgehead atoms. The van der Waals surface area contributed by atoms with Crippen molar-refractivity contribution in [3.05, 3.63) is 0 Å². The molecular formula is C3H10ClNO. The molecule has 6 heavy (non-hydrogen) atoms. The Labute approximate surface area is 43.5 Å². The molecule has 0 spiro atoms. The van der Waals surface area contributed by atoms with Crippen LogP contribution in [0.15, 0.2) is 0 Å². The second kappa shape index (κ2) is 8.96. The average Bonchev–Trinajstić information content (AvgIpc) is 1.41. The van der Waals surface area contributed by atoms with E-state index < -0.39 is 0 Å². The Morgan fingerprint density at radius 2 is 1.17 bits per heavy atom. The lowest BCUT2D eigenvalue weighted by Gasteiger charge is -1.90. The summed E-state index contributed by atoms with van der Waals surface area (Å²) in [5, 5.41) is 0. The van der Waals surface area contributed by atoms with Crippen LogP contribution in [0.2, 0.25) is 0 Å². The normalized spacial score (nSPS) is 7.00. The van der Waals surface area contributed by atoms with Gasteiger partial charge in [0, 0.05) is 0 Å². The Hall–Kier alpha value is 0.210. The van der Waals surface area contributed by atoms with Crippen LogP contribution in [0.5, 0.6) is 0 Å². The van der Waals surface area contributed by atoms with E-state index in [1.165, 1.54) is 0 Å². The average molecular weight is 112 g/mol. The second-order valence-electron chi connectivity index (χ2n) is 1.34. The van der Waals surface area contributed by atoms with E-state index in [0.717, 1.165) is 0 Å². The van der Waals surface area contributed by atoms with E-state index in [2.05, 4.69) is 11.9 Å². The molecule has 1 N–H and O–H groups in total. The first-order valence-electron chi connectivity index (χ1n) is 1.51. The molecule has 0 aromatic rings. The van der Waals surface area contributed by atoms with Gasteiger partial charge in [0.25, 0.3) is 0 Å². The lowest BCUT2D eigenvalue weighted by atomic mass is 11.0. The van der Waals surface area contributed by atoms with Gasteiger partial charge in [-0.05, 0) is 21.1 Å². The molecule has 0 rings (SSSR count). The Bertz CT molecular complexity index is 15.5. The van der Waals surface area contributed by atoms with Gasteiger partial charge >= 0.3 is 0 Å². The molecule has 2 nitrogen and oxygen atoms in total. The first-order valence-corrected chi connectivity index (χ1v) is 1.85. The lowest BCUT2D eigenvalue weighted by molar-refractivity contribution is 0.505. The van der Waals surface area contributed by atoms with Gasteiger partial charge in [-0.25, -0.2) is 0 Å². The summed E-state index contributed by atoms with van der Waals surface area (Å²) in [6, 6.07) is 0. The van der Waals surface area contributed by atoms with E-state index in [-0.39, 0.29) is 0 Å². The third kappa shape index (κ3) is 984. The van der Waals surface area contributed by atoms with Crippen molar-refractivity contribution in [2.24, 2.45) is 0 Å². The fourth-order valence-electron chi connectivity index (χ4n) is 0. The molecule has 0 aliphatic rings. The fourth-order valence-corrected chi connectivity index (χ4v) is 0. The van der Waals surface area contributed by atoms with Gasteiger partial charge in [0.1, 0.15) is 0 Å². The first kappa shape index (κ1) is 9.51. The molecule has 0 heterocycles. The Morgan fingerprint density at radius 3 is 1.17 bits per heavy atom. The van der Waals surface area contributed by atoms with Gasteiger partial charge < -0.3 is 4.90 Å². The first-order chi connectivity index (χ1) is 2.73. The maximum atomic E-state index is 6.47. The van der Waals surface area contributed by atoms with Crippen molar-refractivity contribution in [3.8, 4) is 0 Å². The summed E-state index contributed by atoms with van der Waals surface area (Å²) in [6.07, 6.45) is 0. The smallest absolute Gasteiger partial charge is 0.0579 e.